The first-order valence-electron chi connectivity index (χ1n) is 8.35. The summed E-state index contributed by atoms with van der Waals surface area (Å²) in [6, 6.07) is 0. The Hall–Kier alpha value is -0.880. The second-order valence-corrected chi connectivity index (χ2v) is 8.80. The minimum atomic E-state index is -1.11. The number of rotatable bonds is 4. The first-order chi connectivity index (χ1) is 10.8. The summed E-state index contributed by atoms with van der Waals surface area (Å²) in [5, 5.41) is 43.8. The Bertz CT molecular complexity index is 402. The molecule has 5 N–H and O–H groups in total. The Kier molecular flexibility index (Phi) is 8.16. The van der Waals surface area contributed by atoms with E-state index in [0.29, 0.717) is 5.76 Å². The first kappa shape index (κ1) is 23.1. The summed E-state index contributed by atoms with van der Waals surface area (Å²) < 4.78 is 0. The molecular weight excluding hydrogens is 308 g/mol. The SMILES string of the molecule is CC(C)(C)C1(C(C)(C)C)C=CC=C(O)C1.OCC(CO)(CO)CO. The summed E-state index contributed by atoms with van der Waals surface area (Å²) >= 11 is 0. The van der Waals surface area contributed by atoms with Gasteiger partial charge >= 0.3 is 0 Å². The Balaban J connectivity index is 0.000000506. The van der Waals surface area contributed by atoms with E-state index in [1.807, 2.05) is 6.08 Å². The molecule has 0 aromatic heterocycles. The van der Waals surface area contributed by atoms with Crippen molar-refractivity contribution < 1.29 is 25.5 Å². The van der Waals surface area contributed by atoms with E-state index < -0.39 is 31.8 Å². The zero-order valence-electron chi connectivity index (χ0n) is 16.0. The van der Waals surface area contributed by atoms with Crippen LogP contribution in [-0.4, -0.2) is 52.0 Å². The van der Waals surface area contributed by atoms with E-state index in [1.165, 1.54) is 0 Å². The lowest BCUT2D eigenvalue weighted by Gasteiger charge is -2.53. The molecule has 5 nitrogen and oxygen atoms in total. The van der Waals surface area contributed by atoms with Gasteiger partial charge in [0.1, 0.15) is 0 Å². The van der Waals surface area contributed by atoms with Crippen LogP contribution in [0.1, 0.15) is 48.0 Å². The number of aliphatic hydroxyl groups excluding tert-OH is 5. The van der Waals surface area contributed by atoms with Crippen LogP contribution in [0.25, 0.3) is 0 Å². The highest BCUT2D eigenvalue weighted by atomic mass is 16.3. The highest BCUT2D eigenvalue weighted by Crippen LogP contribution is 2.57. The highest BCUT2D eigenvalue weighted by molar-refractivity contribution is 5.25. The van der Waals surface area contributed by atoms with Gasteiger partial charge in [0.2, 0.25) is 0 Å². The average molecular weight is 344 g/mol. The molecule has 0 aromatic carbocycles. The van der Waals surface area contributed by atoms with E-state index >= 15 is 0 Å². The molecule has 0 aliphatic heterocycles. The first-order valence-corrected chi connectivity index (χ1v) is 8.35. The Morgan fingerprint density at radius 3 is 1.38 bits per heavy atom. The summed E-state index contributed by atoms with van der Waals surface area (Å²) in [6.45, 7) is 11.9. The van der Waals surface area contributed by atoms with E-state index in [1.54, 1.807) is 6.08 Å². The zero-order valence-corrected chi connectivity index (χ0v) is 16.0. The molecule has 0 heterocycles. The van der Waals surface area contributed by atoms with Gasteiger partial charge < -0.3 is 25.5 Å². The van der Waals surface area contributed by atoms with Crippen LogP contribution in [0, 0.1) is 21.7 Å². The quantitative estimate of drug-likeness (QED) is 0.539. The summed E-state index contributed by atoms with van der Waals surface area (Å²) in [4.78, 5) is 0. The van der Waals surface area contributed by atoms with Gasteiger partial charge in [0.15, 0.2) is 0 Å². The van der Waals surface area contributed by atoms with Gasteiger partial charge in [-0.1, -0.05) is 53.7 Å². The van der Waals surface area contributed by atoms with Gasteiger partial charge in [0.05, 0.1) is 37.6 Å². The van der Waals surface area contributed by atoms with Crippen molar-refractivity contribution in [2.75, 3.05) is 26.4 Å². The lowest BCUT2D eigenvalue weighted by atomic mass is 9.51. The maximum Gasteiger partial charge on any atom is 0.0931 e. The van der Waals surface area contributed by atoms with Crippen molar-refractivity contribution in [1.29, 1.82) is 0 Å². The van der Waals surface area contributed by atoms with E-state index in [0.717, 1.165) is 6.42 Å². The van der Waals surface area contributed by atoms with E-state index in [9.17, 15) is 5.11 Å². The number of allylic oxidation sites excluding steroid dienone is 4. The van der Waals surface area contributed by atoms with Crippen molar-refractivity contribution in [2.24, 2.45) is 21.7 Å². The van der Waals surface area contributed by atoms with Crippen molar-refractivity contribution in [3.63, 3.8) is 0 Å². The van der Waals surface area contributed by atoms with Gasteiger partial charge in [-0.05, 0) is 16.9 Å². The Labute approximate surface area is 146 Å². The van der Waals surface area contributed by atoms with Gasteiger partial charge in [-0.25, -0.2) is 0 Å². The van der Waals surface area contributed by atoms with Crippen molar-refractivity contribution >= 4 is 0 Å². The third-order valence-corrected chi connectivity index (χ3v) is 5.15. The van der Waals surface area contributed by atoms with Crippen molar-refractivity contribution in [1.82, 2.24) is 0 Å². The van der Waals surface area contributed by atoms with E-state index in [-0.39, 0.29) is 16.2 Å². The van der Waals surface area contributed by atoms with Gasteiger partial charge in [-0.3, -0.25) is 0 Å². The van der Waals surface area contributed by atoms with Crippen LogP contribution in [-0.2, 0) is 0 Å². The van der Waals surface area contributed by atoms with E-state index in [2.05, 4.69) is 47.6 Å². The zero-order chi connectivity index (χ0) is 19.2. The molecule has 24 heavy (non-hydrogen) atoms. The minimum absolute atomic E-state index is 0.0266. The topological polar surface area (TPSA) is 101 Å². The number of aliphatic hydroxyl groups is 5. The predicted octanol–water partition coefficient (Wildman–Crippen LogP) is 2.41. The van der Waals surface area contributed by atoms with Crippen LogP contribution in [0.3, 0.4) is 0 Å². The fraction of sp³-hybridized carbons (Fsp3) is 0.789. The molecule has 0 bridgehead atoms. The maximum absolute atomic E-state index is 9.78. The molecule has 1 rings (SSSR count). The van der Waals surface area contributed by atoms with Crippen LogP contribution in [0.15, 0.2) is 24.0 Å². The van der Waals surface area contributed by atoms with Crippen molar-refractivity contribution in [2.45, 2.75) is 48.0 Å². The molecule has 0 unspecified atom stereocenters. The fourth-order valence-electron chi connectivity index (χ4n) is 3.18. The third-order valence-electron chi connectivity index (χ3n) is 5.15. The molecule has 0 saturated heterocycles. The van der Waals surface area contributed by atoms with Crippen LogP contribution in [0.5, 0.6) is 0 Å². The molecule has 0 saturated carbocycles. The highest BCUT2D eigenvalue weighted by Gasteiger charge is 2.49. The lowest BCUT2D eigenvalue weighted by Crippen LogP contribution is -2.45. The predicted molar refractivity (Wildman–Crippen MR) is 96.6 cm³/mol. The molecule has 5 heteroatoms. The van der Waals surface area contributed by atoms with Crippen LogP contribution in [0.2, 0.25) is 0 Å². The molecule has 142 valence electrons. The van der Waals surface area contributed by atoms with Crippen LogP contribution >= 0.6 is 0 Å². The normalized spacial score (nSPS) is 17.8. The Morgan fingerprint density at radius 1 is 0.833 bits per heavy atom. The second kappa shape index (κ2) is 8.48. The molecule has 0 radical (unpaired) electrons. The number of hydrogen-bond acceptors (Lipinski definition) is 5. The molecule has 0 fully saturated rings. The lowest BCUT2D eigenvalue weighted by molar-refractivity contribution is -0.0328. The largest absolute Gasteiger partial charge is 0.512 e. The molecule has 0 spiro atoms. The molecule has 0 atom stereocenters. The van der Waals surface area contributed by atoms with Crippen LogP contribution < -0.4 is 0 Å². The molecular formula is C19H36O5. The third kappa shape index (κ3) is 5.06. The fourth-order valence-corrected chi connectivity index (χ4v) is 3.18. The summed E-state index contributed by atoms with van der Waals surface area (Å²) in [6.07, 6.45) is 6.81. The average Bonchev–Trinajstić information content (AvgIpc) is 2.48. The van der Waals surface area contributed by atoms with Gasteiger partial charge in [0.25, 0.3) is 0 Å². The second-order valence-electron chi connectivity index (χ2n) is 8.80. The maximum atomic E-state index is 9.78. The molecule has 1 aliphatic rings. The monoisotopic (exact) mass is 344 g/mol. The number of hydrogen-bond donors (Lipinski definition) is 5. The smallest absolute Gasteiger partial charge is 0.0931 e. The molecule has 1 aliphatic carbocycles. The Morgan fingerprint density at radius 2 is 1.21 bits per heavy atom. The van der Waals surface area contributed by atoms with Crippen LogP contribution in [0.4, 0.5) is 0 Å². The van der Waals surface area contributed by atoms with Crippen molar-refractivity contribution in [3.8, 4) is 0 Å². The van der Waals surface area contributed by atoms with Crippen molar-refractivity contribution in [3.05, 3.63) is 24.0 Å². The molecule has 0 aromatic rings. The standard InChI is InChI=1S/C14H24O.C5H12O4/c1-12(2,3)14(13(4,5)6)9-7-8-11(15)10-14;6-1-5(2-7,3-8)4-9/h7-9,15H,10H2,1-6H3;6-9H,1-4H2. The van der Waals surface area contributed by atoms with E-state index in [4.69, 9.17) is 20.4 Å². The van der Waals surface area contributed by atoms with Gasteiger partial charge in [0, 0.05) is 11.8 Å². The molecule has 0 amide bonds. The minimum Gasteiger partial charge on any atom is -0.512 e. The van der Waals surface area contributed by atoms with Gasteiger partial charge in [-0.15, -0.1) is 0 Å². The van der Waals surface area contributed by atoms with Gasteiger partial charge in [-0.2, -0.15) is 0 Å². The summed E-state index contributed by atoms with van der Waals surface area (Å²) in [5.74, 6) is 0.502. The summed E-state index contributed by atoms with van der Waals surface area (Å²) in [7, 11) is 0. The summed E-state index contributed by atoms with van der Waals surface area (Å²) in [5.41, 5.74) is -0.799.